The van der Waals surface area contributed by atoms with Crippen molar-refractivity contribution in [2.24, 2.45) is 11.8 Å². The number of fused-ring (bicyclic) bond motifs is 1. The Bertz CT molecular complexity index is 682. The molecule has 1 aromatic carbocycles. The second kappa shape index (κ2) is 5.25. The van der Waals surface area contributed by atoms with E-state index in [1.54, 1.807) is 4.68 Å². The van der Waals surface area contributed by atoms with Gasteiger partial charge < -0.3 is 10.2 Å². The molecule has 4 rings (SSSR count). The third-order valence-electron chi connectivity index (χ3n) is 4.83. The predicted molar refractivity (Wildman–Crippen MR) is 84.1 cm³/mol. The lowest BCUT2D eigenvalue weighted by Gasteiger charge is -2.16. The maximum Gasteiger partial charge on any atom is 0.257 e. The number of nitrogens with one attached hydrogen (secondary N) is 1. The highest BCUT2D eigenvalue weighted by Crippen LogP contribution is 2.28. The van der Waals surface area contributed by atoms with Gasteiger partial charge in [-0.2, -0.15) is 5.10 Å². The van der Waals surface area contributed by atoms with Gasteiger partial charge in [0.15, 0.2) is 0 Å². The summed E-state index contributed by atoms with van der Waals surface area (Å²) in [6.45, 7) is 5.72. The van der Waals surface area contributed by atoms with Crippen molar-refractivity contribution in [1.82, 2.24) is 20.0 Å². The summed E-state index contributed by atoms with van der Waals surface area (Å²) in [6.07, 6.45) is 1.86. The fraction of sp³-hybridized carbons (Fsp3) is 0.412. The minimum atomic E-state index is 0.120. The van der Waals surface area contributed by atoms with Crippen LogP contribution in [0.1, 0.15) is 16.1 Å². The average molecular weight is 296 g/mol. The third-order valence-corrected chi connectivity index (χ3v) is 4.83. The topological polar surface area (TPSA) is 50.2 Å². The second-order valence-corrected chi connectivity index (χ2v) is 6.30. The van der Waals surface area contributed by atoms with Crippen LogP contribution in [-0.4, -0.2) is 46.8 Å². The molecule has 0 aliphatic carbocycles. The first-order valence-electron chi connectivity index (χ1n) is 7.84. The van der Waals surface area contributed by atoms with E-state index >= 15 is 0 Å². The summed E-state index contributed by atoms with van der Waals surface area (Å²) < 4.78 is 1.79. The monoisotopic (exact) mass is 296 g/mol. The Balaban J connectivity index is 1.58. The number of rotatable bonds is 2. The zero-order valence-corrected chi connectivity index (χ0v) is 12.7. The Morgan fingerprint density at radius 2 is 1.86 bits per heavy atom. The summed E-state index contributed by atoms with van der Waals surface area (Å²) in [5, 5.41) is 7.91. The van der Waals surface area contributed by atoms with Crippen LogP contribution in [0.2, 0.25) is 0 Å². The van der Waals surface area contributed by atoms with E-state index in [2.05, 4.69) is 10.4 Å². The Hall–Kier alpha value is -2.14. The molecule has 2 aromatic rings. The number of aryl methyl sites for hydroxylation is 1. The minimum absolute atomic E-state index is 0.120. The van der Waals surface area contributed by atoms with E-state index in [9.17, 15) is 4.79 Å². The first-order chi connectivity index (χ1) is 10.7. The maximum atomic E-state index is 12.8. The van der Waals surface area contributed by atoms with Gasteiger partial charge in [0.05, 0.1) is 16.9 Å². The molecule has 22 heavy (non-hydrogen) atoms. The third kappa shape index (κ3) is 2.22. The summed E-state index contributed by atoms with van der Waals surface area (Å²) in [6, 6.07) is 9.91. The Morgan fingerprint density at radius 1 is 1.18 bits per heavy atom. The van der Waals surface area contributed by atoms with Crippen molar-refractivity contribution in [1.29, 1.82) is 0 Å². The lowest BCUT2D eigenvalue weighted by Crippen LogP contribution is -2.32. The number of amides is 1. The molecule has 2 fully saturated rings. The molecule has 5 heteroatoms. The Labute approximate surface area is 129 Å². The SMILES string of the molecule is Cc1nn(-c2ccccc2)cc1C(=O)N1C[C@H]2CNC[C@H]2C1. The van der Waals surface area contributed by atoms with Crippen LogP contribution in [0.4, 0.5) is 0 Å². The van der Waals surface area contributed by atoms with Gasteiger partial charge in [0, 0.05) is 32.4 Å². The molecule has 0 unspecified atom stereocenters. The van der Waals surface area contributed by atoms with Gasteiger partial charge >= 0.3 is 0 Å². The molecule has 0 bridgehead atoms. The molecule has 0 spiro atoms. The van der Waals surface area contributed by atoms with E-state index in [1.807, 2.05) is 48.4 Å². The highest BCUT2D eigenvalue weighted by atomic mass is 16.2. The molecular formula is C17H20N4O. The van der Waals surface area contributed by atoms with Crippen LogP contribution in [-0.2, 0) is 0 Å². The molecule has 0 radical (unpaired) electrons. The zero-order valence-electron chi connectivity index (χ0n) is 12.7. The number of carbonyl (C=O) groups is 1. The van der Waals surface area contributed by atoms with Crippen LogP contribution in [0.15, 0.2) is 36.5 Å². The summed E-state index contributed by atoms with van der Waals surface area (Å²) in [5.41, 5.74) is 2.49. The molecule has 3 heterocycles. The van der Waals surface area contributed by atoms with Crippen molar-refractivity contribution in [3.8, 4) is 5.69 Å². The molecule has 0 saturated carbocycles. The van der Waals surface area contributed by atoms with Gasteiger partial charge in [0.1, 0.15) is 0 Å². The molecule has 5 nitrogen and oxygen atoms in total. The lowest BCUT2D eigenvalue weighted by atomic mass is 10.0. The zero-order chi connectivity index (χ0) is 15.1. The lowest BCUT2D eigenvalue weighted by molar-refractivity contribution is 0.0781. The van der Waals surface area contributed by atoms with Gasteiger partial charge in [-0.15, -0.1) is 0 Å². The van der Waals surface area contributed by atoms with Crippen LogP contribution in [0.3, 0.4) is 0 Å². The molecule has 1 amide bonds. The van der Waals surface area contributed by atoms with Crippen molar-refractivity contribution in [2.45, 2.75) is 6.92 Å². The standard InChI is InChI=1S/C17H20N4O/c1-12-16(11-21(19-12)15-5-3-2-4-6-15)17(22)20-9-13-7-18-8-14(13)10-20/h2-6,11,13-14,18H,7-10H2,1H3/t13-,14+. The van der Waals surface area contributed by atoms with E-state index in [4.69, 9.17) is 0 Å². The number of nitrogens with zero attached hydrogens (tertiary/aromatic N) is 3. The van der Waals surface area contributed by atoms with E-state index in [1.165, 1.54) is 0 Å². The second-order valence-electron chi connectivity index (χ2n) is 6.30. The van der Waals surface area contributed by atoms with Crippen molar-refractivity contribution >= 4 is 5.91 Å². The molecule has 1 aromatic heterocycles. The van der Waals surface area contributed by atoms with Gasteiger partial charge in [0.25, 0.3) is 5.91 Å². The van der Waals surface area contributed by atoms with E-state index in [-0.39, 0.29) is 5.91 Å². The van der Waals surface area contributed by atoms with Gasteiger partial charge in [-0.25, -0.2) is 4.68 Å². The molecule has 1 N–H and O–H groups in total. The fourth-order valence-corrected chi connectivity index (χ4v) is 3.57. The molecular weight excluding hydrogens is 276 g/mol. The quantitative estimate of drug-likeness (QED) is 0.913. The van der Waals surface area contributed by atoms with E-state index in [0.29, 0.717) is 11.8 Å². The van der Waals surface area contributed by atoms with Crippen molar-refractivity contribution in [2.75, 3.05) is 26.2 Å². The minimum Gasteiger partial charge on any atom is -0.338 e. The average Bonchev–Trinajstić information content (AvgIpc) is 3.21. The smallest absolute Gasteiger partial charge is 0.257 e. The van der Waals surface area contributed by atoms with Gasteiger partial charge in [0.2, 0.25) is 0 Å². The Morgan fingerprint density at radius 3 is 2.55 bits per heavy atom. The normalized spacial score (nSPS) is 23.8. The molecule has 2 atom stereocenters. The van der Waals surface area contributed by atoms with Crippen molar-refractivity contribution in [3.63, 3.8) is 0 Å². The van der Waals surface area contributed by atoms with Gasteiger partial charge in [-0.3, -0.25) is 4.79 Å². The van der Waals surface area contributed by atoms with Crippen LogP contribution in [0.25, 0.3) is 5.69 Å². The number of likely N-dealkylation sites (tertiary alicyclic amines) is 1. The van der Waals surface area contributed by atoms with E-state index < -0.39 is 0 Å². The summed E-state index contributed by atoms with van der Waals surface area (Å²) in [7, 11) is 0. The van der Waals surface area contributed by atoms with Crippen LogP contribution in [0, 0.1) is 18.8 Å². The molecule has 2 aliphatic rings. The van der Waals surface area contributed by atoms with Crippen molar-refractivity contribution < 1.29 is 4.79 Å². The number of para-hydroxylation sites is 1. The van der Waals surface area contributed by atoms with Gasteiger partial charge in [-0.1, -0.05) is 18.2 Å². The molecule has 2 aliphatic heterocycles. The highest BCUT2D eigenvalue weighted by molar-refractivity contribution is 5.95. The fourth-order valence-electron chi connectivity index (χ4n) is 3.57. The summed E-state index contributed by atoms with van der Waals surface area (Å²) in [4.78, 5) is 14.8. The van der Waals surface area contributed by atoms with Crippen LogP contribution in [0.5, 0.6) is 0 Å². The first-order valence-corrected chi connectivity index (χ1v) is 7.84. The summed E-state index contributed by atoms with van der Waals surface area (Å²) >= 11 is 0. The Kier molecular flexibility index (Phi) is 3.22. The number of hydrogen-bond acceptors (Lipinski definition) is 3. The molecule has 2 saturated heterocycles. The number of carbonyl (C=O) groups excluding carboxylic acids is 1. The number of benzene rings is 1. The van der Waals surface area contributed by atoms with Gasteiger partial charge in [-0.05, 0) is 30.9 Å². The van der Waals surface area contributed by atoms with Crippen molar-refractivity contribution in [3.05, 3.63) is 47.8 Å². The first kappa shape index (κ1) is 13.5. The molecule has 114 valence electrons. The maximum absolute atomic E-state index is 12.8. The van der Waals surface area contributed by atoms with E-state index in [0.717, 1.165) is 43.1 Å². The van der Waals surface area contributed by atoms with Crippen LogP contribution < -0.4 is 5.32 Å². The summed E-state index contributed by atoms with van der Waals surface area (Å²) in [5.74, 6) is 1.36. The highest BCUT2D eigenvalue weighted by Gasteiger charge is 2.38. The number of hydrogen-bond donors (Lipinski definition) is 1. The predicted octanol–water partition coefficient (Wildman–Crippen LogP) is 1.47. The largest absolute Gasteiger partial charge is 0.338 e. The number of aromatic nitrogens is 2. The van der Waals surface area contributed by atoms with Crippen LogP contribution >= 0.6 is 0 Å².